The zero-order chi connectivity index (χ0) is 28.2. The molecule has 0 unspecified atom stereocenters. The van der Waals surface area contributed by atoms with Gasteiger partial charge in [-0.1, -0.05) is 0 Å². The Bertz CT molecular complexity index is 1100. The van der Waals surface area contributed by atoms with Gasteiger partial charge in [0.1, 0.15) is 0 Å². The second-order valence-electron chi connectivity index (χ2n) is 12.8. The van der Waals surface area contributed by atoms with E-state index in [1.54, 1.807) is 0 Å². The molecule has 0 aliphatic heterocycles. The van der Waals surface area contributed by atoms with Gasteiger partial charge in [0.05, 0.1) is 0 Å². The summed E-state index contributed by atoms with van der Waals surface area (Å²) in [5.74, 6) is 0.668. The van der Waals surface area contributed by atoms with Crippen LogP contribution in [0.3, 0.4) is 0 Å². The molecular formula is C34H48IOPSi. The van der Waals surface area contributed by atoms with Crippen LogP contribution in [0.1, 0.15) is 48.5 Å². The topological polar surface area (TPSA) is 9.23 Å². The van der Waals surface area contributed by atoms with Gasteiger partial charge in [-0.15, -0.1) is 0 Å². The van der Waals surface area contributed by atoms with Crippen LogP contribution in [-0.4, -0.2) is 20.6 Å². The first kappa shape index (κ1) is 31.3. The number of hydrogen-bond acceptors (Lipinski definition) is 1. The summed E-state index contributed by atoms with van der Waals surface area (Å²) in [5.41, 5.74) is 1.36. The van der Waals surface area contributed by atoms with Crippen LogP contribution in [0.5, 0.6) is 0 Å². The summed E-state index contributed by atoms with van der Waals surface area (Å²) in [7, 11) is -2.00. The third kappa shape index (κ3) is 6.38. The minimum atomic E-state index is -2.90. The molecule has 206 valence electrons. The average Bonchev–Trinajstić information content (AvgIpc) is 2.87. The quantitative estimate of drug-likeness (QED) is 0.0913. The molecule has 3 aromatic carbocycles. The first-order chi connectivity index (χ1) is 17.7. The summed E-state index contributed by atoms with van der Waals surface area (Å²) in [4.78, 5) is 0. The summed E-state index contributed by atoms with van der Waals surface area (Å²) >= 11 is 2.93. The van der Waals surface area contributed by atoms with Crippen molar-refractivity contribution in [3.05, 3.63) is 103 Å². The first-order valence-corrected chi connectivity index (χ1v) is 22.0. The molecule has 0 bridgehead atoms. The van der Waals surface area contributed by atoms with Gasteiger partial charge in [0.15, 0.2) is 0 Å². The third-order valence-corrected chi connectivity index (χ3v) is 24.5. The van der Waals surface area contributed by atoms with Gasteiger partial charge in [-0.05, 0) is 0 Å². The van der Waals surface area contributed by atoms with E-state index < -0.39 is 12.6 Å². The molecule has 0 aromatic heterocycles. The van der Waals surface area contributed by atoms with Crippen molar-refractivity contribution in [1.29, 1.82) is 0 Å². The van der Waals surface area contributed by atoms with Crippen molar-refractivity contribution in [2.45, 2.75) is 72.7 Å². The number of hydrogen-bond donors (Lipinski definition) is 0. The van der Waals surface area contributed by atoms with Gasteiger partial charge < -0.3 is 0 Å². The number of halogens is 1. The molecule has 0 saturated carbocycles. The van der Waals surface area contributed by atoms with Gasteiger partial charge in [-0.25, -0.2) is 0 Å². The third-order valence-electron chi connectivity index (χ3n) is 8.43. The molecule has 3 rings (SSSR count). The molecule has 38 heavy (non-hydrogen) atoms. The minimum absolute atomic E-state index is 0.137. The fraction of sp³-hybridized carbons (Fsp3) is 0.412. The van der Waals surface area contributed by atoms with Crippen molar-refractivity contribution in [3.63, 3.8) is 0 Å². The molecule has 3 atom stereocenters. The first-order valence-electron chi connectivity index (χ1n) is 13.9. The molecule has 0 spiro atoms. The molecule has 0 fully saturated rings. The van der Waals surface area contributed by atoms with E-state index in [4.69, 9.17) is 4.43 Å². The maximum absolute atomic E-state index is 7.34. The molecule has 1 nitrogen and oxygen atoms in total. The summed E-state index contributed by atoms with van der Waals surface area (Å²) in [6.45, 7) is 21.1. The van der Waals surface area contributed by atoms with Crippen molar-refractivity contribution in [3.8, 4) is 0 Å². The number of allylic oxidation sites excluding steroid dienone is 1. The monoisotopic (exact) mass is 658 g/mol. The fourth-order valence-electron chi connectivity index (χ4n) is 5.50. The predicted molar refractivity (Wildman–Crippen MR) is 184 cm³/mol. The van der Waals surface area contributed by atoms with Crippen LogP contribution in [-0.2, 0) is 4.43 Å². The average molecular weight is 659 g/mol. The van der Waals surface area contributed by atoms with E-state index in [0.717, 1.165) is 6.16 Å². The molecule has 0 aliphatic rings. The molecule has 0 radical (unpaired) electrons. The Labute approximate surface area is 247 Å². The van der Waals surface area contributed by atoms with Crippen molar-refractivity contribution in [1.82, 2.24) is 0 Å². The predicted octanol–water partition coefficient (Wildman–Crippen LogP) is 9.50. The van der Waals surface area contributed by atoms with Crippen molar-refractivity contribution in [2.24, 2.45) is 11.8 Å². The Hall–Kier alpha value is -1.26. The summed E-state index contributed by atoms with van der Waals surface area (Å²) in [5, 5.41) is 4.46. The number of benzene rings is 3. The second-order valence-corrected chi connectivity index (χ2v) is 28.2. The van der Waals surface area contributed by atoms with E-state index >= 15 is 0 Å². The van der Waals surface area contributed by atoms with E-state index in [1.165, 1.54) is 21.5 Å². The van der Waals surface area contributed by atoms with Gasteiger partial charge in [0.2, 0.25) is 0 Å². The van der Waals surface area contributed by atoms with Crippen LogP contribution in [0.15, 0.2) is 103 Å². The standard InChI is InChI=1S/C34H48IOPSi/c1-27(2)25-28(3)33(36-38(8,9)34(5,6)7)29(4)26-37(35,30-19-13-10-14-20-30,31-21-15-11-16-22-31)32-23-17-12-18-24-32/h10-25,28-29,33H,26H2,1-9H3/t28-,29-,33+/m0/s1. The van der Waals surface area contributed by atoms with Gasteiger partial charge in [0.25, 0.3) is 0 Å². The van der Waals surface area contributed by atoms with Crippen molar-refractivity contribution < 1.29 is 4.43 Å². The van der Waals surface area contributed by atoms with E-state index in [9.17, 15) is 0 Å². The zero-order valence-electron chi connectivity index (χ0n) is 24.9. The maximum atomic E-state index is 7.34. The van der Waals surface area contributed by atoms with Crippen LogP contribution < -0.4 is 15.9 Å². The molecule has 3 aromatic rings. The van der Waals surface area contributed by atoms with Crippen LogP contribution in [0.4, 0.5) is 0 Å². The zero-order valence-corrected chi connectivity index (χ0v) is 29.0. The van der Waals surface area contributed by atoms with Gasteiger partial charge in [-0.3, -0.25) is 0 Å². The summed E-state index contributed by atoms with van der Waals surface area (Å²) < 4.78 is 4.44. The summed E-state index contributed by atoms with van der Waals surface area (Å²) in [6, 6.07) is 33.8. The Morgan fingerprint density at radius 3 is 1.47 bits per heavy atom. The SMILES string of the molecule is CC(C)=C[C@H](C)[C@@H](O[Si](C)(C)C(C)(C)C)[C@@H](C)CP(I)(c1ccccc1)(c1ccccc1)c1ccccc1. The molecular weight excluding hydrogens is 610 g/mol. The molecule has 0 aliphatic carbocycles. The Balaban J connectivity index is 2.28. The van der Waals surface area contributed by atoms with E-state index in [-0.39, 0.29) is 11.1 Å². The second kappa shape index (κ2) is 12.1. The van der Waals surface area contributed by atoms with Crippen molar-refractivity contribution in [2.75, 3.05) is 6.16 Å². The van der Waals surface area contributed by atoms with Crippen LogP contribution >= 0.6 is 26.3 Å². The van der Waals surface area contributed by atoms with Gasteiger partial charge >= 0.3 is 248 Å². The van der Waals surface area contributed by atoms with E-state index in [2.05, 4.69) is 181 Å². The van der Waals surface area contributed by atoms with Crippen LogP contribution in [0.25, 0.3) is 0 Å². The van der Waals surface area contributed by atoms with Crippen LogP contribution in [0.2, 0.25) is 18.1 Å². The van der Waals surface area contributed by atoms with Gasteiger partial charge in [0, 0.05) is 0 Å². The van der Waals surface area contributed by atoms with Gasteiger partial charge in [-0.2, -0.15) is 0 Å². The van der Waals surface area contributed by atoms with Crippen LogP contribution in [0, 0.1) is 11.8 Å². The van der Waals surface area contributed by atoms with E-state index in [0.29, 0.717) is 11.8 Å². The molecule has 0 N–H and O–H groups in total. The molecule has 0 amide bonds. The number of rotatable bonds is 10. The molecule has 0 heterocycles. The Morgan fingerprint density at radius 2 is 1.16 bits per heavy atom. The fourth-order valence-corrected chi connectivity index (χ4v) is 16.9. The molecule has 4 heteroatoms. The van der Waals surface area contributed by atoms with E-state index in [1.807, 2.05) is 0 Å². The normalized spacial score (nSPS) is 16.1. The Kier molecular flexibility index (Phi) is 9.94. The summed E-state index contributed by atoms with van der Waals surface area (Å²) in [6.07, 6.45) is 3.60. The molecule has 0 saturated heterocycles. The van der Waals surface area contributed by atoms with Crippen molar-refractivity contribution >= 4 is 50.5 Å². The Morgan fingerprint density at radius 1 is 0.789 bits per heavy atom.